The molecule has 5 rings (SSSR count). The third-order valence-corrected chi connectivity index (χ3v) is 7.41. The van der Waals surface area contributed by atoms with E-state index in [0.717, 1.165) is 50.6 Å². The van der Waals surface area contributed by atoms with E-state index >= 15 is 0 Å². The van der Waals surface area contributed by atoms with Crippen LogP contribution in [0, 0.1) is 0 Å². The van der Waals surface area contributed by atoms with Gasteiger partial charge >= 0.3 is 6.18 Å². The third kappa shape index (κ3) is 4.55. The van der Waals surface area contributed by atoms with Crippen molar-refractivity contribution in [2.75, 3.05) is 12.3 Å². The number of carbonyl (C=O) groups excluding carboxylic acids is 1. The van der Waals surface area contributed by atoms with Gasteiger partial charge in [-0.2, -0.15) is 13.2 Å². The number of H-pyrrole nitrogens is 1. The molecule has 0 saturated heterocycles. The summed E-state index contributed by atoms with van der Waals surface area (Å²) in [5, 5.41) is 3.02. The Hall–Kier alpha value is -3.26. The Morgan fingerprint density at radius 2 is 1.54 bits per heavy atom. The first-order chi connectivity index (χ1) is 16.9. The van der Waals surface area contributed by atoms with E-state index < -0.39 is 24.0 Å². The Bertz CT molecular complexity index is 1290. The highest BCUT2D eigenvalue weighted by atomic mass is 32.2. The van der Waals surface area contributed by atoms with Crippen LogP contribution in [0.4, 0.5) is 13.2 Å². The normalized spacial score (nSPS) is 14.0. The van der Waals surface area contributed by atoms with Gasteiger partial charge < -0.3 is 10.3 Å². The molecule has 1 aliphatic rings. The number of rotatable bonds is 8. The average molecular weight is 496 g/mol. The van der Waals surface area contributed by atoms with Crippen molar-refractivity contribution in [1.82, 2.24) is 15.3 Å². The van der Waals surface area contributed by atoms with Gasteiger partial charge in [0.15, 0.2) is 5.16 Å². The fourth-order valence-corrected chi connectivity index (χ4v) is 5.83. The molecule has 0 radical (unpaired) electrons. The van der Waals surface area contributed by atoms with Crippen molar-refractivity contribution in [1.29, 1.82) is 0 Å². The van der Waals surface area contributed by atoms with Gasteiger partial charge in [0, 0.05) is 5.75 Å². The monoisotopic (exact) mass is 495 g/mol. The minimum atomic E-state index is -4.47. The van der Waals surface area contributed by atoms with Crippen molar-refractivity contribution in [2.24, 2.45) is 0 Å². The summed E-state index contributed by atoms with van der Waals surface area (Å²) in [5.41, 5.74) is 4.09. The molecule has 4 nitrogen and oxygen atoms in total. The Labute approximate surface area is 205 Å². The lowest BCUT2D eigenvalue weighted by Crippen LogP contribution is -2.47. The first-order valence-electron chi connectivity index (χ1n) is 11.5. The third-order valence-electron chi connectivity index (χ3n) is 6.45. The number of para-hydroxylation sites is 2. The van der Waals surface area contributed by atoms with Crippen LogP contribution in [0.5, 0.6) is 0 Å². The molecule has 0 unspecified atom stereocenters. The second-order valence-corrected chi connectivity index (χ2v) is 9.74. The van der Waals surface area contributed by atoms with E-state index in [1.165, 1.54) is 0 Å². The molecule has 8 heteroatoms. The van der Waals surface area contributed by atoms with Gasteiger partial charge in [0.25, 0.3) is 0 Å². The van der Waals surface area contributed by atoms with Gasteiger partial charge in [0.05, 0.1) is 11.0 Å². The summed E-state index contributed by atoms with van der Waals surface area (Å²) in [4.78, 5) is 21.4. The Kier molecular flexibility index (Phi) is 6.32. The SMILES string of the molecule is O=C(NCC(F)(F)F)C1(CCCCSc2nc3ccccc3[nH]2)c2ccccc2-c2ccccc21. The van der Waals surface area contributed by atoms with E-state index in [0.29, 0.717) is 12.8 Å². The van der Waals surface area contributed by atoms with Gasteiger partial charge in [-0.05, 0) is 47.2 Å². The number of hydrogen-bond acceptors (Lipinski definition) is 3. The molecule has 0 atom stereocenters. The summed E-state index contributed by atoms with van der Waals surface area (Å²) in [6.45, 7) is -1.35. The molecule has 0 bridgehead atoms. The first kappa shape index (κ1) is 23.5. The molecule has 0 saturated carbocycles. The van der Waals surface area contributed by atoms with Gasteiger partial charge in [0.2, 0.25) is 5.91 Å². The molecule has 2 N–H and O–H groups in total. The molecule has 0 fully saturated rings. The van der Waals surface area contributed by atoms with Crippen LogP contribution in [0.3, 0.4) is 0 Å². The first-order valence-corrected chi connectivity index (χ1v) is 12.5. The zero-order valence-corrected chi connectivity index (χ0v) is 19.7. The number of carbonyl (C=O) groups is 1. The minimum absolute atomic E-state index is 0.422. The van der Waals surface area contributed by atoms with Crippen molar-refractivity contribution in [3.8, 4) is 11.1 Å². The molecule has 4 aromatic rings. The number of hydrogen-bond donors (Lipinski definition) is 2. The fourth-order valence-electron chi connectivity index (χ4n) is 4.94. The van der Waals surface area contributed by atoms with Gasteiger partial charge in [-0.25, -0.2) is 4.98 Å². The second kappa shape index (κ2) is 9.41. The van der Waals surface area contributed by atoms with Crippen LogP contribution >= 0.6 is 11.8 Å². The molecule has 0 spiro atoms. The Morgan fingerprint density at radius 1 is 0.914 bits per heavy atom. The highest BCUT2D eigenvalue weighted by Crippen LogP contribution is 2.51. The van der Waals surface area contributed by atoms with Crippen LogP contribution in [-0.2, 0) is 10.2 Å². The predicted octanol–water partition coefficient (Wildman–Crippen LogP) is 6.47. The van der Waals surface area contributed by atoms with Crippen molar-refractivity contribution in [2.45, 2.75) is 36.0 Å². The zero-order valence-electron chi connectivity index (χ0n) is 18.9. The van der Waals surface area contributed by atoms with Gasteiger partial charge in [-0.15, -0.1) is 0 Å². The van der Waals surface area contributed by atoms with Crippen LogP contribution < -0.4 is 5.32 Å². The smallest absolute Gasteiger partial charge is 0.346 e. The summed E-state index contributed by atoms with van der Waals surface area (Å²) in [7, 11) is 0. The number of halogens is 3. The quantitative estimate of drug-likeness (QED) is 0.218. The summed E-state index contributed by atoms with van der Waals surface area (Å²) >= 11 is 1.60. The maximum Gasteiger partial charge on any atom is 0.405 e. The van der Waals surface area contributed by atoms with Gasteiger partial charge in [0.1, 0.15) is 12.0 Å². The van der Waals surface area contributed by atoms with Gasteiger partial charge in [-0.1, -0.05) is 78.8 Å². The number of fused-ring (bicyclic) bond motifs is 4. The van der Waals surface area contributed by atoms with E-state index in [2.05, 4.69) is 15.3 Å². The molecule has 180 valence electrons. The molecule has 1 aromatic heterocycles. The molecule has 1 amide bonds. The van der Waals surface area contributed by atoms with E-state index in [9.17, 15) is 18.0 Å². The number of aromatic amines is 1. The zero-order chi connectivity index (χ0) is 24.5. The maximum atomic E-state index is 13.5. The van der Waals surface area contributed by atoms with Crippen LogP contribution in [0.15, 0.2) is 78.0 Å². The van der Waals surface area contributed by atoms with E-state index in [1.54, 1.807) is 11.8 Å². The molecule has 1 aliphatic carbocycles. The number of imidazole rings is 1. The number of amides is 1. The highest BCUT2D eigenvalue weighted by molar-refractivity contribution is 7.99. The lowest BCUT2D eigenvalue weighted by atomic mass is 9.73. The number of unbranched alkanes of at least 4 members (excludes halogenated alkanes) is 1. The lowest BCUT2D eigenvalue weighted by molar-refractivity contribution is -0.141. The largest absolute Gasteiger partial charge is 0.405 e. The summed E-state index contributed by atoms with van der Waals surface area (Å²) in [6.07, 6.45) is -2.58. The number of nitrogens with one attached hydrogen (secondary N) is 2. The van der Waals surface area contributed by atoms with Crippen molar-refractivity contribution >= 4 is 28.7 Å². The van der Waals surface area contributed by atoms with E-state index in [1.807, 2.05) is 72.8 Å². The van der Waals surface area contributed by atoms with Crippen LogP contribution in [0.1, 0.15) is 30.4 Å². The second-order valence-electron chi connectivity index (χ2n) is 8.66. The standard InChI is InChI=1S/C27H24F3N3OS/c28-27(29,30)17-31-24(34)26(20-11-3-1-9-18(20)19-10-2-4-12-21(19)26)15-7-8-16-35-25-32-22-13-5-6-14-23(22)33-25/h1-6,9-14H,7-8,15-17H2,(H,31,34)(H,32,33). The number of aromatic nitrogens is 2. The van der Waals surface area contributed by atoms with Crippen LogP contribution in [-0.4, -0.2) is 34.3 Å². The number of alkyl halides is 3. The van der Waals surface area contributed by atoms with Crippen LogP contribution in [0.25, 0.3) is 22.2 Å². The van der Waals surface area contributed by atoms with Gasteiger partial charge in [-0.3, -0.25) is 4.79 Å². The van der Waals surface area contributed by atoms with E-state index in [4.69, 9.17) is 0 Å². The topological polar surface area (TPSA) is 57.8 Å². The number of nitrogens with zero attached hydrogens (tertiary/aromatic N) is 1. The fraction of sp³-hybridized carbons (Fsp3) is 0.259. The summed E-state index contributed by atoms with van der Waals surface area (Å²) in [5.74, 6) is 0.181. The van der Waals surface area contributed by atoms with Crippen molar-refractivity contribution < 1.29 is 18.0 Å². The number of benzene rings is 3. The lowest BCUT2D eigenvalue weighted by Gasteiger charge is -2.31. The molecular weight excluding hydrogens is 471 g/mol. The molecule has 35 heavy (non-hydrogen) atoms. The average Bonchev–Trinajstić information content (AvgIpc) is 3.39. The molecule has 3 aromatic carbocycles. The molecule has 1 heterocycles. The van der Waals surface area contributed by atoms with Crippen LogP contribution in [0.2, 0.25) is 0 Å². The Morgan fingerprint density at radius 3 is 2.20 bits per heavy atom. The van der Waals surface area contributed by atoms with Crippen molar-refractivity contribution in [3.63, 3.8) is 0 Å². The number of thioether (sulfide) groups is 1. The van der Waals surface area contributed by atoms with Crippen molar-refractivity contribution in [3.05, 3.63) is 83.9 Å². The minimum Gasteiger partial charge on any atom is -0.346 e. The van der Waals surface area contributed by atoms with E-state index in [-0.39, 0.29) is 0 Å². The Balaban J connectivity index is 1.36. The predicted molar refractivity (Wildman–Crippen MR) is 132 cm³/mol. The molecule has 0 aliphatic heterocycles. The maximum absolute atomic E-state index is 13.5. The summed E-state index contributed by atoms with van der Waals surface area (Å²) in [6, 6.07) is 22.9. The summed E-state index contributed by atoms with van der Waals surface area (Å²) < 4.78 is 39.0. The highest BCUT2D eigenvalue weighted by Gasteiger charge is 2.49. The molecular formula is C27H24F3N3OS.